The molecule has 0 amide bonds. The van der Waals surface area contributed by atoms with E-state index < -0.39 is 0 Å². The summed E-state index contributed by atoms with van der Waals surface area (Å²) in [5.41, 5.74) is 0. The average molecular weight is 436 g/mol. The van der Waals surface area contributed by atoms with Crippen LogP contribution >= 0.6 is 35.3 Å². The normalized spacial score (nSPS) is 19.0. The fourth-order valence-electron chi connectivity index (χ4n) is 2.83. The minimum absolute atomic E-state index is 0. The minimum Gasteiger partial charge on any atom is -0.356 e. The number of likely N-dealkylation sites (tertiary alicyclic amines) is 1. The van der Waals surface area contributed by atoms with Crippen molar-refractivity contribution in [1.82, 2.24) is 15.1 Å². The maximum atomic E-state index is 4.41. The maximum absolute atomic E-state index is 4.41. The Balaban J connectivity index is 0.00000242. The van der Waals surface area contributed by atoms with Crippen molar-refractivity contribution in [3.05, 3.63) is 22.4 Å². The second-order valence-electron chi connectivity index (χ2n) is 5.73. The van der Waals surface area contributed by atoms with Crippen molar-refractivity contribution in [3.63, 3.8) is 0 Å². The third-order valence-electron chi connectivity index (χ3n) is 4.21. The van der Waals surface area contributed by atoms with E-state index in [0.717, 1.165) is 31.4 Å². The Labute approximate surface area is 156 Å². The third kappa shape index (κ3) is 6.04. The largest absolute Gasteiger partial charge is 0.356 e. The molecule has 1 unspecified atom stereocenters. The van der Waals surface area contributed by atoms with Crippen molar-refractivity contribution in [2.75, 3.05) is 46.8 Å². The van der Waals surface area contributed by atoms with Crippen LogP contribution in [0.15, 0.2) is 22.5 Å². The smallest absolute Gasteiger partial charge is 0.193 e. The highest BCUT2D eigenvalue weighted by molar-refractivity contribution is 14.0. The van der Waals surface area contributed by atoms with Gasteiger partial charge in [-0.05, 0) is 43.3 Å². The van der Waals surface area contributed by atoms with E-state index in [1.807, 2.05) is 18.4 Å². The van der Waals surface area contributed by atoms with Crippen molar-refractivity contribution in [3.8, 4) is 0 Å². The van der Waals surface area contributed by atoms with Gasteiger partial charge in [0.05, 0.1) is 0 Å². The average Bonchev–Trinajstić information content (AvgIpc) is 3.17. The van der Waals surface area contributed by atoms with Crippen LogP contribution < -0.4 is 5.32 Å². The third-order valence-corrected chi connectivity index (χ3v) is 5.15. The van der Waals surface area contributed by atoms with E-state index in [-0.39, 0.29) is 24.0 Å². The molecule has 0 spiro atoms. The van der Waals surface area contributed by atoms with Gasteiger partial charge in [0.25, 0.3) is 0 Å². The highest BCUT2D eigenvalue weighted by atomic mass is 127. The molecule has 1 aliphatic heterocycles. The Morgan fingerprint density at radius 1 is 1.55 bits per heavy atom. The highest BCUT2D eigenvalue weighted by Crippen LogP contribution is 2.14. The van der Waals surface area contributed by atoms with Crippen LogP contribution in [0, 0.1) is 5.92 Å². The van der Waals surface area contributed by atoms with Gasteiger partial charge in [0.15, 0.2) is 5.96 Å². The summed E-state index contributed by atoms with van der Waals surface area (Å²) in [6, 6.07) is 4.32. The van der Waals surface area contributed by atoms with Gasteiger partial charge in [-0.3, -0.25) is 4.99 Å². The van der Waals surface area contributed by atoms with Crippen molar-refractivity contribution >= 4 is 41.3 Å². The predicted molar refractivity (Wildman–Crippen MR) is 108 cm³/mol. The molecule has 6 heteroatoms. The summed E-state index contributed by atoms with van der Waals surface area (Å²) in [7, 11) is 3.99. The molecule has 1 aromatic heterocycles. The first kappa shape index (κ1) is 19.7. The Hall–Kier alpha value is -0.340. The number of guanidine groups is 1. The van der Waals surface area contributed by atoms with E-state index >= 15 is 0 Å². The molecule has 0 bridgehead atoms. The first-order valence-electron chi connectivity index (χ1n) is 7.89. The molecule has 126 valence electrons. The number of likely N-dealkylation sites (N-methyl/N-ethyl adjacent to an activating group) is 1. The fourth-order valence-corrected chi connectivity index (χ4v) is 3.52. The number of aliphatic imine (C=N–C) groups is 1. The zero-order valence-corrected chi connectivity index (χ0v) is 17.1. The molecule has 1 atom stereocenters. The van der Waals surface area contributed by atoms with Crippen LogP contribution in [0.4, 0.5) is 0 Å². The molecule has 0 saturated carbocycles. The van der Waals surface area contributed by atoms with Crippen molar-refractivity contribution in [1.29, 1.82) is 0 Å². The van der Waals surface area contributed by atoms with Gasteiger partial charge in [-0.25, -0.2) is 0 Å². The van der Waals surface area contributed by atoms with Crippen LogP contribution in [0.3, 0.4) is 0 Å². The number of hydrogen-bond acceptors (Lipinski definition) is 3. The molecular formula is C16H29IN4S. The molecule has 0 radical (unpaired) electrons. The Bertz CT molecular complexity index is 435. The summed E-state index contributed by atoms with van der Waals surface area (Å²) >= 11 is 1.83. The van der Waals surface area contributed by atoms with Gasteiger partial charge in [-0.2, -0.15) is 0 Å². The summed E-state index contributed by atoms with van der Waals surface area (Å²) in [6.45, 7) is 7.92. The molecule has 4 nitrogen and oxygen atoms in total. The summed E-state index contributed by atoms with van der Waals surface area (Å²) in [6.07, 6.45) is 2.39. The van der Waals surface area contributed by atoms with Crippen LogP contribution in [0.2, 0.25) is 0 Å². The molecule has 2 heterocycles. The molecule has 0 aliphatic carbocycles. The van der Waals surface area contributed by atoms with E-state index in [1.54, 1.807) is 0 Å². The van der Waals surface area contributed by atoms with Crippen molar-refractivity contribution in [2.45, 2.75) is 19.8 Å². The van der Waals surface area contributed by atoms with Gasteiger partial charge < -0.3 is 15.1 Å². The lowest BCUT2D eigenvalue weighted by molar-refractivity contribution is 0.341. The first-order chi connectivity index (χ1) is 10.2. The molecule has 1 aromatic rings. The second-order valence-corrected chi connectivity index (χ2v) is 6.76. The fraction of sp³-hybridized carbons (Fsp3) is 0.688. The molecule has 2 rings (SSSR count). The first-order valence-corrected chi connectivity index (χ1v) is 8.77. The van der Waals surface area contributed by atoms with Gasteiger partial charge in [-0.15, -0.1) is 35.3 Å². The van der Waals surface area contributed by atoms with Crippen LogP contribution in [-0.2, 0) is 6.42 Å². The van der Waals surface area contributed by atoms with Crippen LogP contribution in [-0.4, -0.2) is 62.6 Å². The molecule has 1 saturated heterocycles. The molecule has 1 N–H and O–H groups in total. The van der Waals surface area contributed by atoms with Crippen LogP contribution in [0.5, 0.6) is 0 Å². The van der Waals surface area contributed by atoms with Gasteiger partial charge >= 0.3 is 0 Å². The van der Waals surface area contributed by atoms with E-state index in [4.69, 9.17) is 0 Å². The SMILES string of the molecule is CCN1CCC(CNC(=NC)N(C)CCc2cccs2)C1.I. The summed E-state index contributed by atoms with van der Waals surface area (Å²) < 4.78 is 0. The summed E-state index contributed by atoms with van der Waals surface area (Å²) in [5.74, 6) is 1.77. The Kier molecular flexibility index (Phi) is 9.35. The lowest BCUT2D eigenvalue weighted by Gasteiger charge is -2.23. The lowest BCUT2D eigenvalue weighted by Crippen LogP contribution is -2.42. The zero-order valence-electron chi connectivity index (χ0n) is 13.9. The Morgan fingerprint density at radius 2 is 2.36 bits per heavy atom. The van der Waals surface area contributed by atoms with Crippen molar-refractivity contribution in [2.24, 2.45) is 10.9 Å². The molecule has 1 fully saturated rings. The number of nitrogens with zero attached hydrogens (tertiary/aromatic N) is 3. The zero-order chi connectivity index (χ0) is 15.1. The molecular weight excluding hydrogens is 407 g/mol. The summed E-state index contributed by atoms with van der Waals surface area (Å²) in [5, 5.41) is 5.68. The summed E-state index contributed by atoms with van der Waals surface area (Å²) in [4.78, 5) is 10.6. The van der Waals surface area contributed by atoms with Gasteiger partial charge in [0.1, 0.15) is 0 Å². The van der Waals surface area contributed by atoms with Crippen LogP contribution in [0.1, 0.15) is 18.2 Å². The highest BCUT2D eigenvalue weighted by Gasteiger charge is 2.21. The quantitative estimate of drug-likeness (QED) is 0.423. The van der Waals surface area contributed by atoms with Gasteiger partial charge in [0.2, 0.25) is 0 Å². The lowest BCUT2D eigenvalue weighted by atomic mass is 10.1. The maximum Gasteiger partial charge on any atom is 0.193 e. The molecule has 22 heavy (non-hydrogen) atoms. The monoisotopic (exact) mass is 436 g/mol. The van der Waals surface area contributed by atoms with Gasteiger partial charge in [0, 0.05) is 38.6 Å². The molecule has 1 aliphatic rings. The van der Waals surface area contributed by atoms with E-state index in [2.05, 4.69) is 51.6 Å². The molecule has 0 aromatic carbocycles. The van der Waals surface area contributed by atoms with Gasteiger partial charge in [-0.1, -0.05) is 13.0 Å². The predicted octanol–water partition coefficient (Wildman–Crippen LogP) is 2.76. The number of hydrogen-bond donors (Lipinski definition) is 1. The minimum atomic E-state index is 0. The van der Waals surface area contributed by atoms with Crippen LogP contribution in [0.25, 0.3) is 0 Å². The number of halogens is 1. The second kappa shape index (κ2) is 10.4. The van der Waals surface area contributed by atoms with Crippen molar-refractivity contribution < 1.29 is 0 Å². The van der Waals surface area contributed by atoms with E-state index in [9.17, 15) is 0 Å². The Morgan fingerprint density at radius 3 is 2.95 bits per heavy atom. The number of thiophene rings is 1. The van der Waals surface area contributed by atoms with E-state index in [0.29, 0.717) is 0 Å². The number of nitrogens with one attached hydrogen (secondary N) is 1. The number of rotatable bonds is 6. The topological polar surface area (TPSA) is 30.9 Å². The standard InChI is InChI=1S/C16H28N4S.HI/c1-4-20-10-7-14(13-20)12-18-16(17-2)19(3)9-8-15-6-5-11-21-15;/h5-6,11,14H,4,7-10,12-13H2,1-3H3,(H,17,18);1H. The van der Waals surface area contributed by atoms with E-state index in [1.165, 1.54) is 30.9 Å².